The van der Waals surface area contributed by atoms with Crippen molar-refractivity contribution in [2.24, 2.45) is 0 Å². The lowest BCUT2D eigenvalue weighted by atomic mass is 10.2. The molecular formula is C18H18N2O3S2. The summed E-state index contributed by atoms with van der Waals surface area (Å²) in [7, 11) is 0. The van der Waals surface area contributed by atoms with E-state index in [4.69, 9.17) is 4.74 Å². The minimum atomic E-state index is -0.466. The first-order chi connectivity index (χ1) is 12.1. The number of benzene rings is 1. The monoisotopic (exact) mass is 374 g/mol. The Labute approximate surface area is 154 Å². The predicted molar refractivity (Wildman–Crippen MR) is 98.1 cm³/mol. The van der Waals surface area contributed by atoms with Crippen molar-refractivity contribution in [2.75, 3.05) is 5.75 Å². The third-order valence-electron chi connectivity index (χ3n) is 4.65. The molecule has 2 atom stereocenters. The van der Waals surface area contributed by atoms with E-state index in [1.807, 2.05) is 37.3 Å². The number of aromatic nitrogens is 1. The summed E-state index contributed by atoms with van der Waals surface area (Å²) in [6.07, 6.45) is 3.06. The normalized spacial score (nSPS) is 25.2. The van der Waals surface area contributed by atoms with Gasteiger partial charge in [0.15, 0.2) is 0 Å². The van der Waals surface area contributed by atoms with E-state index in [9.17, 15) is 9.59 Å². The maximum absolute atomic E-state index is 12.5. The van der Waals surface area contributed by atoms with Crippen molar-refractivity contribution in [1.29, 1.82) is 0 Å². The molecule has 0 bridgehead atoms. The third kappa shape index (κ3) is 3.06. The van der Waals surface area contributed by atoms with Crippen LogP contribution in [0, 0.1) is 0 Å². The van der Waals surface area contributed by atoms with E-state index in [1.165, 1.54) is 11.3 Å². The Hall–Kier alpha value is -1.86. The molecule has 1 amide bonds. The van der Waals surface area contributed by atoms with Gasteiger partial charge in [0.25, 0.3) is 0 Å². The molecule has 2 aliphatic rings. The zero-order valence-electron chi connectivity index (χ0n) is 13.8. The highest BCUT2D eigenvalue weighted by atomic mass is 32.2. The average Bonchev–Trinajstić information content (AvgIpc) is 3.30. The largest absolute Gasteiger partial charge is 0.458 e. The highest BCUT2D eigenvalue weighted by Gasteiger charge is 2.53. The molecule has 0 radical (unpaired) electrons. The van der Waals surface area contributed by atoms with Crippen LogP contribution in [0.15, 0.2) is 36.5 Å². The summed E-state index contributed by atoms with van der Waals surface area (Å²) in [6, 6.07) is 9.45. The van der Waals surface area contributed by atoms with E-state index < -0.39 is 6.04 Å². The molecule has 7 heteroatoms. The quantitative estimate of drug-likeness (QED) is 0.769. The van der Waals surface area contributed by atoms with Crippen molar-refractivity contribution in [2.45, 2.75) is 37.3 Å². The standard InChI is InChI=1S/C18H18N2O3S2/c1-18-8-7-15(21)20(18)14(11-24-18)17(22)23-10-13-9-19-16(25-13)12-5-3-2-4-6-12/h2-6,9,14H,7-8,10-11H2,1H3/t14-,18-/m0/s1. The van der Waals surface area contributed by atoms with Gasteiger partial charge in [0, 0.05) is 23.9 Å². The summed E-state index contributed by atoms with van der Waals surface area (Å²) in [6.45, 7) is 2.23. The fourth-order valence-electron chi connectivity index (χ4n) is 3.32. The molecule has 1 aromatic carbocycles. The molecule has 0 N–H and O–H groups in total. The summed E-state index contributed by atoms with van der Waals surface area (Å²) < 4.78 is 5.49. The Bertz CT molecular complexity index is 808. The summed E-state index contributed by atoms with van der Waals surface area (Å²) in [4.78, 5) is 31.4. The number of rotatable bonds is 4. The highest BCUT2D eigenvalue weighted by molar-refractivity contribution is 8.01. The third-order valence-corrected chi connectivity index (χ3v) is 7.17. The van der Waals surface area contributed by atoms with E-state index in [2.05, 4.69) is 4.98 Å². The second-order valence-electron chi connectivity index (χ2n) is 6.37. The van der Waals surface area contributed by atoms with Gasteiger partial charge in [-0.1, -0.05) is 30.3 Å². The van der Waals surface area contributed by atoms with Gasteiger partial charge in [0.1, 0.15) is 17.7 Å². The molecule has 2 saturated heterocycles. The van der Waals surface area contributed by atoms with E-state index in [0.717, 1.165) is 21.9 Å². The lowest BCUT2D eigenvalue weighted by molar-refractivity contribution is -0.154. The summed E-state index contributed by atoms with van der Waals surface area (Å²) in [5.74, 6) is 0.346. The van der Waals surface area contributed by atoms with Crippen molar-refractivity contribution in [1.82, 2.24) is 9.88 Å². The number of fused-ring (bicyclic) bond motifs is 1. The number of carbonyl (C=O) groups excluding carboxylic acids is 2. The molecule has 2 aromatic rings. The van der Waals surface area contributed by atoms with Crippen molar-refractivity contribution in [3.8, 4) is 10.6 Å². The van der Waals surface area contributed by atoms with Crippen LogP contribution in [0.5, 0.6) is 0 Å². The van der Waals surface area contributed by atoms with Gasteiger partial charge in [-0.25, -0.2) is 9.78 Å². The molecule has 2 fully saturated rings. The first kappa shape index (κ1) is 16.6. The molecule has 3 heterocycles. The van der Waals surface area contributed by atoms with Gasteiger partial charge >= 0.3 is 5.97 Å². The van der Waals surface area contributed by atoms with Crippen LogP contribution in [-0.4, -0.2) is 38.4 Å². The number of amides is 1. The second-order valence-corrected chi connectivity index (χ2v) is 8.99. The van der Waals surface area contributed by atoms with Crippen molar-refractivity contribution >= 4 is 35.0 Å². The second kappa shape index (κ2) is 6.46. The highest BCUT2D eigenvalue weighted by Crippen LogP contribution is 2.47. The number of thioether (sulfide) groups is 1. The average molecular weight is 374 g/mol. The zero-order chi connectivity index (χ0) is 17.4. The van der Waals surface area contributed by atoms with Crippen molar-refractivity contribution in [3.63, 3.8) is 0 Å². The first-order valence-corrected chi connectivity index (χ1v) is 10.00. The predicted octanol–water partition coefficient (Wildman–Crippen LogP) is 3.31. The molecule has 130 valence electrons. The van der Waals surface area contributed by atoms with Crippen LogP contribution in [0.1, 0.15) is 24.6 Å². The number of esters is 1. The van der Waals surface area contributed by atoms with Crippen LogP contribution in [0.2, 0.25) is 0 Å². The van der Waals surface area contributed by atoms with Gasteiger partial charge in [0.2, 0.25) is 5.91 Å². The smallest absolute Gasteiger partial charge is 0.330 e. The van der Waals surface area contributed by atoms with E-state index >= 15 is 0 Å². The Morgan fingerprint density at radius 3 is 3.00 bits per heavy atom. The molecule has 0 unspecified atom stereocenters. The van der Waals surface area contributed by atoms with Crippen LogP contribution >= 0.6 is 23.1 Å². The Balaban J connectivity index is 1.40. The van der Waals surface area contributed by atoms with Gasteiger partial charge in [-0.3, -0.25) is 4.79 Å². The van der Waals surface area contributed by atoms with Gasteiger partial charge < -0.3 is 9.64 Å². The van der Waals surface area contributed by atoms with Gasteiger partial charge in [0.05, 0.1) is 9.75 Å². The van der Waals surface area contributed by atoms with Crippen molar-refractivity contribution in [3.05, 3.63) is 41.4 Å². The Kier molecular flexibility index (Phi) is 4.29. The Morgan fingerprint density at radius 1 is 1.40 bits per heavy atom. The molecule has 1 aromatic heterocycles. The van der Waals surface area contributed by atoms with Crippen LogP contribution < -0.4 is 0 Å². The number of nitrogens with zero attached hydrogens (tertiary/aromatic N) is 2. The summed E-state index contributed by atoms with van der Waals surface area (Å²) in [5, 5.41) is 0.908. The van der Waals surface area contributed by atoms with E-state index in [-0.39, 0.29) is 23.4 Å². The minimum Gasteiger partial charge on any atom is -0.458 e. The molecule has 4 rings (SSSR count). The molecule has 0 saturated carbocycles. The molecule has 0 spiro atoms. The number of hydrogen-bond acceptors (Lipinski definition) is 6. The number of hydrogen-bond donors (Lipinski definition) is 0. The van der Waals surface area contributed by atoms with Crippen molar-refractivity contribution < 1.29 is 14.3 Å². The zero-order valence-corrected chi connectivity index (χ0v) is 15.4. The molecule has 0 aliphatic carbocycles. The van der Waals surface area contributed by atoms with Crippen LogP contribution in [0.4, 0.5) is 0 Å². The summed E-state index contributed by atoms with van der Waals surface area (Å²) >= 11 is 3.19. The maximum Gasteiger partial charge on any atom is 0.330 e. The molecule has 2 aliphatic heterocycles. The van der Waals surface area contributed by atoms with Gasteiger partial charge in [-0.15, -0.1) is 23.1 Å². The van der Waals surface area contributed by atoms with Crippen LogP contribution in [-0.2, 0) is 20.9 Å². The molecule has 5 nitrogen and oxygen atoms in total. The maximum atomic E-state index is 12.5. The lowest BCUT2D eigenvalue weighted by Crippen LogP contribution is -2.46. The SMILES string of the molecule is C[C@]12CCC(=O)N1[C@H](C(=O)OCc1cnc(-c3ccccc3)s1)CS2. The fraction of sp³-hybridized carbons (Fsp3) is 0.389. The molecule has 25 heavy (non-hydrogen) atoms. The van der Waals surface area contributed by atoms with Gasteiger partial charge in [-0.2, -0.15) is 0 Å². The fourth-order valence-corrected chi connectivity index (χ4v) is 5.57. The Morgan fingerprint density at radius 2 is 2.20 bits per heavy atom. The molecular weight excluding hydrogens is 356 g/mol. The van der Waals surface area contributed by atoms with Crippen LogP contribution in [0.3, 0.4) is 0 Å². The lowest BCUT2D eigenvalue weighted by Gasteiger charge is -2.29. The summed E-state index contributed by atoms with van der Waals surface area (Å²) in [5.41, 5.74) is 1.05. The topological polar surface area (TPSA) is 59.5 Å². The minimum absolute atomic E-state index is 0.0543. The van der Waals surface area contributed by atoms with E-state index in [1.54, 1.807) is 22.9 Å². The van der Waals surface area contributed by atoms with Crippen LogP contribution in [0.25, 0.3) is 10.6 Å². The van der Waals surface area contributed by atoms with Gasteiger partial charge in [-0.05, 0) is 13.3 Å². The number of carbonyl (C=O) groups is 2. The number of ether oxygens (including phenoxy) is 1. The first-order valence-electron chi connectivity index (χ1n) is 8.20. The number of thiazole rings is 1. The van der Waals surface area contributed by atoms with E-state index in [0.29, 0.717) is 12.2 Å².